The third-order valence-corrected chi connectivity index (χ3v) is 3.95. The van der Waals surface area contributed by atoms with E-state index in [9.17, 15) is 22.8 Å². The van der Waals surface area contributed by atoms with Crippen LogP contribution in [0.3, 0.4) is 0 Å². The summed E-state index contributed by atoms with van der Waals surface area (Å²) in [6, 6.07) is 2.95. The largest absolute Gasteiger partial charge is 0.416 e. The normalized spacial score (nSPS) is 18.3. The van der Waals surface area contributed by atoms with Gasteiger partial charge in [-0.05, 0) is 49.4 Å². The Morgan fingerprint density at radius 3 is 2.67 bits per heavy atom. The van der Waals surface area contributed by atoms with Crippen LogP contribution < -0.4 is 11.1 Å². The Kier molecular flexibility index (Phi) is 5.36. The number of nitrogens with one attached hydrogen (secondary N) is 1. The van der Waals surface area contributed by atoms with E-state index in [1.54, 1.807) is 0 Å². The van der Waals surface area contributed by atoms with Gasteiger partial charge in [-0.1, -0.05) is 0 Å². The Bertz CT molecular complexity index is 631. The van der Waals surface area contributed by atoms with E-state index >= 15 is 0 Å². The van der Waals surface area contributed by atoms with Crippen molar-refractivity contribution in [2.24, 2.45) is 11.7 Å². The van der Waals surface area contributed by atoms with Crippen molar-refractivity contribution in [1.82, 2.24) is 4.90 Å². The molecule has 1 unspecified atom stereocenters. The number of nitrogens with two attached hydrogens (primary N) is 1. The number of benzene rings is 1. The first-order chi connectivity index (χ1) is 11.1. The van der Waals surface area contributed by atoms with E-state index in [-0.39, 0.29) is 18.0 Å². The van der Waals surface area contributed by atoms with Crippen molar-refractivity contribution in [1.29, 1.82) is 0 Å². The van der Waals surface area contributed by atoms with E-state index < -0.39 is 23.7 Å². The first kappa shape index (κ1) is 18.1. The van der Waals surface area contributed by atoms with E-state index in [1.807, 2.05) is 0 Å². The van der Waals surface area contributed by atoms with Crippen molar-refractivity contribution in [3.8, 4) is 0 Å². The van der Waals surface area contributed by atoms with Gasteiger partial charge in [-0.3, -0.25) is 4.79 Å². The topological polar surface area (TPSA) is 75.4 Å². The zero-order valence-electron chi connectivity index (χ0n) is 13.3. The van der Waals surface area contributed by atoms with Gasteiger partial charge in [0.05, 0.1) is 5.56 Å². The maximum atomic E-state index is 12.8. The number of hydrogen-bond donors (Lipinski definition) is 2. The third-order valence-electron chi connectivity index (χ3n) is 3.95. The molecule has 3 amide bonds. The van der Waals surface area contributed by atoms with Gasteiger partial charge in [0.2, 0.25) is 5.91 Å². The minimum Gasteiger partial charge on any atom is -0.370 e. The number of primary amides is 1. The highest BCUT2D eigenvalue weighted by atomic mass is 19.4. The predicted molar refractivity (Wildman–Crippen MR) is 83.3 cm³/mol. The Labute approximate surface area is 138 Å². The number of aryl methyl sites for hydroxylation is 1. The van der Waals surface area contributed by atoms with E-state index in [2.05, 4.69) is 5.32 Å². The van der Waals surface area contributed by atoms with Crippen LogP contribution in [-0.2, 0) is 11.0 Å². The molecule has 0 saturated carbocycles. The molecule has 1 aromatic carbocycles. The Balaban J connectivity index is 2.06. The smallest absolute Gasteiger partial charge is 0.370 e. The average molecular weight is 343 g/mol. The lowest BCUT2D eigenvalue weighted by molar-refractivity contribution is -0.137. The summed E-state index contributed by atoms with van der Waals surface area (Å²) in [4.78, 5) is 24.8. The van der Waals surface area contributed by atoms with Crippen LogP contribution in [0.5, 0.6) is 0 Å². The quantitative estimate of drug-likeness (QED) is 0.885. The number of carbonyl (C=O) groups is 2. The Hall–Kier alpha value is -2.25. The van der Waals surface area contributed by atoms with Crippen LogP contribution >= 0.6 is 0 Å². The van der Waals surface area contributed by atoms with Crippen LogP contribution in [0.1, 0.15) is 30.4 Å². The molecule has 1 fully saturated rings. The fourth-order valence-electron chi connectivity index (χ4n) is 2.92. The molecule has 1 aliphatic heterocycles. The molecule has 1 saturated heterocycles. The van der Waals surface area contributed by atoms with Gasteiger partial charge < -0.3 is 16.0 Å². The second-order valence-electron chi connectivity index (χ2n) is 6.14. The number of urea groups is 1. The van der Waals surface area contributed by atoms with Crippen molar-refractivity contribution in [3.63, 3.8) is 0 Å². The molecule has 1 atom stereocenters. The lowest BCUT2D eigenvalue weighted by Crippen LogP contribution is -2.43. The molecule has 5 nitrogen and oxygen atoms in total. The number of halogens is 3. The molecule has 132 valence electrons. The average Bonchev–Trinajstić information content (AvgIpc) is 2.45. The first-order valence-electron chi connectivity index (χ1n) is 7.68. The zero-order chi connectivity index (χ0) is 17.9. The van der Waals surface area contributed by atoms with Gasteiger partial charge in [-0.15, -0.1) is 0 Å². The summed E-state index contributed by atoms with van der Waals surface area (Å²) in [6.45, 7) is 2.40. The maximum absolute atomic E-state index is 12.8. The number of anilines is 1. The molecule has 24 heavy (non-hydrogen) atoms. The highest BCUT2D eigenvalue weighted by molar-refractivity contribution is 5.89. The van der Waals surface area contributed by atoms with Crippen molar-refractivity contribution in [2.45, 2.75) is 32.4 Å². The lowest BCUT2D eigenvalue weighted by Gasteiger charge is -2.32. The highest BCUT2D eigenvalue weighted by Crippen LogP contribution is 2.32. The van der Waals surface area contributed by atoms with Crippen LogP contribution in [0.25, 0.3) is 0 Å². The van der Waals surface area contributed by atoms with Crippen LogP contribution in [0.2, 0.25) is 0 Å². The van der Waals surface area contributed by atoms with E-state index in [4.69, 9.17) is 5.73 Å². The van der Waals surface area contributed by atoms with Gasteiger partial charge >= 0.3 is 12.2 Å². The number of likely N-dealkylation sites (tertiary alicyclic amines) is 1. The predicted octanol–water partition coefficient (Wildman–Crippen LogP) is 3.13. The van der Waals surface area contributed by atoms with E-state index in [1.165, 1.54) is 17.9 Å². The van der Waals surface area contributed by atoms with Gasteiger partial charge in [0.1, 0.15) is 0 Å². The summed E-state index contributed by atoms with van der Waals surface area (Å²) in [6.07, 6.45) is -2.74. The third kappa shape index (κ3) is 4.87. The molecule has 0 bridgehead atoms. The van der Waals surface area contributed by atoms with Crippen LogP contribution in [-0.4, -0.2) is 29.9 Å². The van der Waals surface area contributed by atoms with Crippen molar-refractivity contribution in [3.05, 3.63) is 29.3 Å². The SMILES string of the molecule is Cc1cc(NC(=O)N2CCCC(CC(N)=O)C2)cc(C(F)(F)F)c1. The molecule has 0 radical (unpaired) electrons. The number of amides is 3. The molecule has 1 aromatic rings. The standard InChI is InChI=1S/C16H20F3N3O2/c1-10-5-12(16(17,18)19)8-13(6-10)21-15(24)22-4-2-3-11(9-22)7-14(20)23/h5-6,8,11H,2-4,7,9H2,1H3,(H2,20,23)(H,21,24). The second-order valence-corrected chi connectivity index (χ2v) is 6.14. The summed E-state index contributed by atoms with van der Waals surface area (Å²) < 4.78 is 38.5. The van der Waals surface area contributed by atoms with Crippen LogP contribution in [0.15, 0.2) is 18.2 Å². The van der Waals surface area contributed by atoms with Crippen molar-refractivity contribution >= 4 is 17.6 Å². The highest BCUT2D eigenvalue weighted by Gasteiger charge is 2.31. The van der Waals surface area contributed by atoms with Crippen molar-refractivity contribution < 1.29 is 22.8 Å². The van der Waals surface area contributed by atoms with E-state index in [0.717, 1.165) is 25.0 Å². The second kappa shape index (κ2) is 7.11. The molecule has 1 aliphatic rings. The van der Waals surface area contributed by atoms with Gasteiger partial charge in [0.15, 0.2) is 0 Å². The minimum atomic E-state index is -4.47. The van der Waals surface area contributed by atoms with Gasteiger partial charge in [-0.2, -0.15) is 13.2 Å². The fourth-order valence-corrected chi connectivity index (χ4v) is 2.92. The number of carbonyl (C=O) groups excluding carboxylic acids is 2. The first-order valence-corrected chi connectivity index (χ1v) is 7.68. The van der Waals surface area contributed by atoms with Crippen LogP contribution in [0, 0.1) is 12.8 Å². The van der Waals surface area contributed by atoms with E-state index in [0.29, 0.717) is 18.7 Å². The molecule has 0 spiro atoms. The lowest BCUT2D eigenvalue weighted by atomic mass is 9.95. The molecule has 0 aromatic heterocycles. The molecule has 1 heterocycles. The van der Waals surface area contributed by atoms with Crippen molar-refractivity contribution in [2.75, 3.05) is 18.4 Å². The Morgan fingerprint density at radius 1 is 1.33 bits per heavy atom. The number of alkyl halides is 3. The Morgan fingerprint density at radius 2 is 2.04 bits per heavy atom. The number of piperidine rings is 1. The van der Waals surface area contributed by atoms with Gasteiger partial charge in [-0.25, -0.2) is 4.79 Å². The molecule has 8 heteroatoms. The molecular weight excluding hydrogens is 323 g/mol. The maximum Gasteiger partial charge on any atom is 0.416 e. The van der Waals surface area contributed by atoms with Crippen LogP contribution in [0.4, 0.5) is 23.7 Å². The number of hydrogen-bond acceptors (Lipinski definition) is 2. The van der Waals surface area contributed by atoms with Gasteiger partial charge in [0, 0.05) is 25.2 Å². The summed E-state index contributed by atoms with van der Waals surface area (Å²) in [5, 5.41) is 2.51. The molecular formula is C16H20F3N3O2. The summed E-state index contributed by atoms with van der Waals surface area (Å²) in [7, 11) is 0. The summed E-state index contributed by atoms with van der Waals surface area (Å²) in [5.41, 5.74) is 4.88. The zero-order valence-corrected chi connectivity index (χ0v) is 13.3. The van der Waals surface area contributed by atoms with Gasteiger partial charge in [0.25, 0.3) is 0 Å². The number of rotatable bonds is 3. The number of nitrogens with zero attached hydrogens (tertiary/aromatic N) is 1. The molecule has 2 rings (SSSR count). The monoisotopic (exact) mass is 343 g/mol. The fraction of sp³-hybridized carbons (Fsp3) is 0.500. The molecule has 3 N–H and O–H groups in total. The molecule has 0 aliphatic carbocycles. The summed E-state index contributed by atoms with van der Waals surface area (Å²) >= 11 is 0. The minimum absolute atomic E-state index is 0.00903. The summed E-state index contributed by atoms with van der Waals surface area (Å²) in [5.74, 6) is -0.430.